The quantitative estimate of drug-likeness (QED) is 0.643. The van der Waals surface area contributed by atoms with Crippen LogP contribution in [0.4, 0.5) is 0 Å². The third kappa shape index (κ3) is 5.34. The zero-order chi connectivity index (χ0) is 20.6. The van der Waals surface area contributed by atoms with Crippen molar-refractivity contribution in [3.8, 4) is 23.0 Å². The molecule has 1 heterocycles. The van der Waals surface area contributed by atoms with Gasteiger partial charge in [0, 0.05) is 44.8 Å². The highest BCUT2D eigenvalue weighted by atomic mass is 16.5. The van der Waals surface area contributed by atoms with Crippen molar-refractivity contribution in [2.75, 3.05) is 54.1 Å². The summed E-state index contributed by atoms with van der Waals surface area (Å²) in [4.78, 5) is 4.95. The topological polar surface area (TPSA) is 43.4 Å². The summed E-state index contributed by atoms with van der Waals surface area (Å²) in [5, 5.41) is 0. The Morgan fingerprint density at radius 2 is 1.34 bits per heavy atom. The second kappa shape index (κ2) is 10.4. The van der Waals surface area contributed by atoms with Crippen molar-refractivity contribution >= 4 is 0 Å². The van der Waals surface area contributed by atoms with Gasteiger partial charge in [-0.25, -0.2) is 0 Å². The predicted octanol–water partition coefficient (Wildman–Crippen LogP) is 3.43. The van der Waals surface area contributed by atoms with Gasteiger partial charge in [-0.05, 0) is 30.7 Å². The maximum atomic E-state index is 5.63. The molecule has 0 saturated carbocycles. The van der Waals surface area contributed by atoms with Crippen LogP contribution in [-0.4, -0.2) is 63.9 Å². The number of piperazine rings is 1. The first-order valence-corrected chi connectivity index (χ1v) is 10.1. The zero-order valence-corrected chi connectivity index (χ0v) is 17.9. The normalized spacial score (nSPS) is 15.2. The summed E-state index contributed by atoms with van der Waals surface area (Å²) in [5.41, 5.74) is 2.44. The maximum absolute atomic E-state index is 5.63. The van der Waals surface area contributed by atoms with Crippen LogP contribution in [0.25, 0.3) is 0 Å². The molecule has 0 aliphatic carbocycles. The fraction of sp³-hybridized carbons (Fsp3) is 0.478. The molecule has 0 N–H and O–H groups in total. The van der Waals surface area contributed by atoms with E-state index in [1.54, 1.807) is 21.3 Å². The van der Waals surface area contributed by atoms with E-state index in [1.165, 1.54) is 5.56 Å². The van der Waals surface area contributed by atoms with Crippen molar-refractivity contribution in [2.45, 2.75) is 20.0 Å². The molecule has 0 bridgehead atoms. The van der Waals surface area contributed by atoms with E-state index in [-0.39, 0.29) is 0 Å². The zero-order valence-electron chi connectivity index (χ0n) is 17.9. The highest BCUT2D eigenvalue weighted by Crippen LogP contribution is 2.40. The highest BCUT2D eigenvalue weighted by molar-refractivity contribution is 5.55. The minimum atomic E-state index is 0.654. The Kier molecular flexibility index (Phi) is 7.61. The Balaban J connectivity index is 1.56. The molecule has 2 aromatic carbocycles. The van der Waals surface area contributed by atoms with E-state index in [4.69, 9.17) is 18.9 Å². The lowest BCUT2D eigenvalue weighted by Gasteiger charge is -2.35. The van der Waals surface area contributed by atoms with E-state index in [1.807, 2.05) is 13.0 Å². The van der Waals surface area contributed by atoms with Crippen molar-refractivity contribution in [3.05, 3.63) is 47.5 Å². The molecule has 1 aliphatic rings. The molecular formula is C23H32N2O4. The summed E-state index contributed by atoms with van der Waals surface area (Å²) in [6.07, 6.45) is 0. The molecule has 0 atom stereocenters. The molecule has 1 fully saturated rings. The fourth-order valence-electron chi connectivity index (χ4n) is 3.75. The van der Waals surface area contributed by atoms with Gasteiger partial charge in [0.1, 0.15) is 5.75 Å². The molecule has 0 radical (unpaired) electrons. The number of hydrogen-bond donors (Lipinski definition) is 0. The van der Waals surface area contributed by atoms with Crippen LogP contribution in [-0.2, 0) is 13.1 Å². The molecule has 0 spiro atoms. The van der Waals surface area contributed by atoms with Crippen molar-refractivity contribution in [3.63, 3.8) is 0 Å². The molecule has 29 heavy (non-hydrogen) atoms. The van der Waals surface area contributed by atoms with Gasteiger partial charge in [0.15, 0.2) is 11.5 Å². The van der Waals surface area contributed by atoms with E-state index in [0.717, 1.165) is 56.3 Å². The van der Waals surface area contributed by atoms with Crippen molar-refractivity contribution in [2.24, 2.45) is 0 Å². The third-order valence-electron chi connectivity index (χ3n) is 5.29. The number of methoxy groups -OCH3 is 3. The lowest BCUT2D eigenvalue weighted by molar-refractivity contribution is 0.121. The van der Waals surface area contributed by atoms with Crippen LogP contribution < -0.4 is 18.9 Å². The summed E-state index contributed by atoms with van der Waals surface area (Å²) < 4.78 is 22.0. The average molecular weight is 401 g/mol. The Hall–Kier alpha value is -2.44. The van der Waals surface area contributed by atoms with Crippen LogP contribution in [0.5, 0.6) is 23.0 Å². The third-order valence-corrected chi connectivity index (χ3v) is 5.29. The van der Waals surface area contributed by atoms with E-state index < -0.39 is 0 Å². The largest absolute Gasteiger partial charge is 0.494 e. The van der Waals surface area contributed by atoms with Crippen LogP contribution in [0, 0.1) is 0 Å². The minimum Gasteiger partial charge on any atom is -0.494 e. The Bertz CT molecular complexity index is 771. The molecular weight excluding hydrogens is 368 g/mol. The van der Waals surface area contributed by atoms with Gasteiger partial charge in [0.2, 0.25) is 5.75 Å². The molecule has 0 aromatic heterocycles. The van der Waals surface area contributed by atoms with Gasteiger partial charge in [-0.15, -0.1) is 0 Å². The molecule has 3 rings (SSSR count). The summed E-state index contributed by atoms with van der Waals surface area (Å²) in [5.74, 6) is 3.03. The second-order valence-corrected chi connectivity index (χ2v) is 7.12. The first-order valence-electron chi connectivity index (χ1n) is 10.1. The van der Waals surface area contributed by atoms with E-state index in [0.29, 0.717) is 18.1 Å². The second-order valence-electron chi connectivity index (χ2n) is 7.12. The summed E-state index contributed by atoms with van der Waals surface area (Å²) >= 11 is 0. The smallest absolute Gasteiger partial charge is 0.203 e. The fourth-order valence-corrected chi connectivity index (χ4v) is 3.75. The Morgan fingerprint density at radius 1 is 0.724 bits per heavy atom. The minimum absolute atomic E-state index is 0.654. The van der Waals surface area contributed by atoms with E-state index in [2.05, 4.69) is 40.1 Å². The summed E-state index contributed by atoms with van der Waals surface area (Å²) in [7, 11) is 4.96. The van der Waals surface area contributed by atoms with Gasteiger partial charge in [0.25, 0.3) is 0 Å². The standard InChI is InChI=1S/C23H32N2O4/c1-5-29-20-9-6-18(7-10-20)16-24-12-14-25(15-13-24)17-19-8-11-21(26-2)23(28-4)22(19)27-3/h6-11H,5,12-17H2,1-4H3. The molecule has 6 nitrogen and oxygen atoms in total. The number of rotatable bonds is 9. The Labute approximate surface area is 173 Å². The SMILES string of the molecule is CCOc1ccc(CN2CCN(Cc3ccc(OC)c(OC)c3OC)CC2)cc1. The molecule has 0 amide bonds. The monoisotopic (exact) mass is 400 g/mol. The summed E-state index contributed by atoms with van der Waals surface area (Å²) in [6, 6.07) is 12.4. The molecule has 6 heteroatoms. The first kappa shape index (κ1) is 21.3. The van der Waals surface area contributed by atoms with Crippen molar-refractivity contribution in [1.29, 1.82) is 0 Å². The van der Waals surface area contributed by atoms with Crippen LogP contribution in [0.1, 0.15) is 18.1 Å². The van der Waals surface area contributed by atoms with Crippen LogP contribution in [0.2, 0.25) is 0 Å². The average Bonchev–Trinajstić information content (AvgIpc) is 2.76. The van der Waals surface area contributed by atoms with E-state index >= 15 is 0 Å². The van der Waals surface area contributed by atoms with Crippen LogP contribution in [0.3, 0.4) is 0 Å². The molecule has 1 saturated heterocycles. The lowest BCUT2D eigenvalue weighted by Crippen LogP contribution is -2.45. The van der Waals surface area contributed by atoms with Gasteiger partial charge in [-0.1, -0.05) is 18.2 Å². The van der Waals surface area contributed by atoms with Crippen LogP contribution in [0.15, 0.2) is 36.4 Å². The molecule has 2 aromatic rings. The number of hydrogen-bond acceptors (Lipinski definition) is 6. The Morgan fingerprint density at radius 3 is 1.90 bits per heavy atom. The van der Waals surface area contributed by atoms with Crippen molar-refractivity contribution < 1.29 is 18.9 Å². The van der Waals surface area contributed by atoms with Gasteiger partial charge in [-0.2, -0.15) is 0 Å². The number of nitrogens with zero attached hydrogens (tertiary/aromatic N) is 2. The first-order chi connectivity index (χ1) is 14.2. The number of ether oxygens (including phenoxy) is 4. The predicted molar refractivity (Wildman–Crippen MR) is 114 cm³/mol. The van der Waals surface area contributed by atoms with Crippen molar-refractivity contribution in [1.82, 2.24) is 9.80 Å². The lowest BCUT2D eigenvalue weighted by atomic mass is 10.1. The van der Waals surface area contributed by atoms with Gasteiger partial charge in [-0.3, -0.25) is 9.80 Å². The van der Waals surface area contributed by atoms with Gasteiger partial charge in [0.05, 0.1) is 27.9 Å². The molecule has 0 unspecified atom stereocenters. The van der Waals surface area contributed by atoms with Crippen LogP contribution >= 0.6 is 0 Å². The molecule has 158 valence electrons. The maximum Gasteiger partial charge on any atom is 0.203 e. The van der Waals surface area contributed by atoms with Gasteiger partial charge >= 0.3 is 0 Å². The highest BCUT2D eigenvalue weighted by Gasteiger charge is 2.21. The summed E-state index contributed by atoms with van der Waals surface area (Å²) in [6.45, 7) is 8.65. The molecule has 1 aliphatic heterocycles. The number of benzene rings is 2. The van der Waals surface area contributed by atoms with Gasteiger partial charge < -0.3 is 18.9 Å². The van der Waals surface area contributed by atoms with E-state index in [9.17, 15) is 0 Å².